The smallest absolute Gasteiger partial charge is 0.410 e. The van der Waals surface area contributed by atoms with Crippen molar-refractivity contribution in [1.82, 2.24) is 14.4 Å². The fourth-order valence-corrected chi connectivity index (χ4v) is 5.86. The number of nitrogens with zero attached hydrogens (tertiary/aromatic N) is 3. The quantitative estimate of drug-likeness (QED) is 0.421. The van der Waals surface area contributed by atoms with Gasteiger partial charge in [0.15, 0.2) is 11.5 Å². The number of carbonyl (C=O) groups excluding carboxylic acids is 2. The summed E-state index contributed by atoms with van der Waals surface area (Å²) < 4.78 is 23.9. The molecular weight excluding hydrogens is 522 g/mol. The highest BCUT2D eigenvalue weighted by Crippen LogP contribution is 2.38. The Kier molecular flexibility index (Phi) is 8.22. The molecule has 1 saturated heterocycles. The Labute approximate surface area is 231 Å². The summed E-state index contributed by atoms with van der Waals surface area (Å²) in [5.41, 5.74) is 1.05. The molecule has 11 heteroatoms. The zero-order valence-corrected chi connectivity index (χ0v) is 24.2. The Balaban J connectivity index is 1.66. The van der Waals surface area contributed by atoms with Crippen LogP contribution in [0.3, 0.4) is 0 Å². The number of methoxy groups -OCH3 is 3. The number of ether oxygens (including phenoxy) is 4. The van der Waals surface area contributed by atoms with Crippen molar-refractivity contribution in [3.05, 3.63) is 45.7 Å². The van der Waals surface area contributed by atoms with Crippen LogP contribution >= 0.6 is 11.3 Å². The molecule has 1 aromatic carbocycles. The lowest BCUT2D eigenvalue weighted by atomic mass is 10.1. The number of fused-ring (bicyclic) bond motifs is 1. The summed E-state index contributed by atoms with van der Waals surface area (Å²) in [5.74, 6) is 0.789. The summed E-state index contributed by atoms with van der Waals surface area (Å²) in [7, 11) is 6.24. The summed E-state index contributed by atoms with van der Waals surface area (Å²) in [6.45, 7) is 6.86. The lowest BCUT2D eigenvalue weighted by molar-refractivity contribution is -0.149. The van der Waals surface area contributed by atoms with Gasteiger partial charge in [-0.1, -0.05) is 6.07 Å². The van der Waals surface area contributed by atoms with Crippen molar-refractivity contribution >= 4 is 33.5 Å². The average molecular weight is 558 g/mol. The van der Waals surface area contributed by atoms with Gasteiger partial charge in [0.2, 0.25) is 0 Å². The fourth-order valence-electron chi connectivity index (χ4n) is 4.65. The van der Waals surface area contributed by atoms with Crippen LogP contribution in [0.4, 0.5) is 4.79 Å². The van der Waals surface area contributed by atoms with Gasteiger partial charge in [0, 0.05) is 48.0 Å². The maximum absolute atomic E-state index is 13.1. The number of hydrogen-bond donors (Lipinski definition) is 0. The number of esters is 1. The molecule has 1 amide bonds. The molecular formula is C28H35N3O7S. The Morgan fingerprint density at radius 2 is 1.77 bits per heavy atom. The molecule has 0 spiro atoms. The third-order valence-electron chi connectivity index (χ3n) is 6.57. The third-order valence-corrected chi connectivity index (χ3v) is 7.72. The molecule has 3 heterocycles. The molecule has 1 aliphatic heterocycles. The Hall–Kier alpha value is -3.57. The first kappa shape index (κ1) is 28.4. The van der Waals surface area contributed by atoms with Crippen molar-refractivity contribution in [1.29, 1.82) is 0 Å². The molecule has 4 rings (SSSR count). The SMILES string of the molecule is COC(=O)C1CN(C(=O)OC(C)(C)C)CCN1Cc1cc2c(=O)n(C)cc(-c3ccc(OC)c(OC)c3)c2s1. The Bertz CT molecular complexity index is 1440. The van der Waals surface area contributed by atoms with Crippen molar-refractivity contribution in [2.45, 2.75) is 39.0 Å². The number of aromatic nitrogens is 1. The third kappa shape index (κ3) is 6.04. The second-order valence-electron chi connectivity index (χ2n) is 10.4. The highest BCUT2D eigenvalue weighted by atomic mass is 32.1. The number of thiophene rings is 1. The number of benzene rings is 1. The van der Waals surface area contributed by atoms with Gasteiger partial charge in [-0.15, -0.1) is 11.3 Å². The number of aryl methyl sites for hydroxylation is 1. The Morgan fingerprint density at radius 1 is 1.05 bits per heavy atom. The monoisotopic (exact) mass is 557 g/mol. The van der Waals surface area contributed by atoms with Gasteiger partial charge in [-0.3, -0.25) is 14.5 Å². The molecule has 0 aliphatic carbocycles. The van der Waals surface area contributed by atoms with Crippen molar-refractivity contribution in [2.75, 3.05) is 41.0 Å². The van der Waals surface area contributed by atoms with Crippen molar-refractivity contribution in [3.63, 3.8) is 0 Å². The van der Waals surface area contributed by atoms with Crippen molar-refractivity contribution in [2.24, 2.45) is 7.05 Å². The summed E-state index contributed by atoms with van der Waals surface area (Å²) in [6, 6.07) is 6.89. The van der Waals surface area contributed by atoms with Gasteiger partial charge < -0.3 is 28.4 Å². The molecule has 1 aliphatic rings. The van der Waals surface area contributed by atoms with Crippen LogP contribution in [-0.2, 0) is 27.9 Å². The molecule has 1 fully saturated rings. The van der Waals surface area contributed by atoms with Crippen LogP contribution < -0.4 is 15.0 Å². The van der Waals surface area contributed by atoms with Gasteiger partial charge in [-0.2, -0.15) is 0 Å². The first-order valence-corrected chi connectivity index (χ1v) is 13.4. The van der Waals surface area contributed by atoms with Crippen LogP contribution in [0.15, 0.2) is 35.3 Å². The zero-order chi connectivity index (χ0) is 28.5. The highest BCUT2D eigenvalue weighted by Gasteiger charge is 2.37. The zero-order valence-electron chi connectivity index (χ0n) is 23.4. The van der Waals surface area contributed by atoms with E-state index in [0.29, 0.717) is 36.5 Å². The Morgan fingerprint density at radius 3 is 2.41 bits per heavy atom. The maximum Gasteiger partial charge on any atom is 0.410 e. The number of amides is 1. The van der Waals surface area contributed by atoms with Crippen LogP contribution in [0.5, 0.6) is 11.5 Å². The molecule has 0 saturated carbocycles. The summed E-state index contributed by atoms with van der Waals surface area (Å²) in [4.78, 5) is 42.9. The highest BCUT2D eigenvalue weighted by molar-refractivity contribution is 7.19. The molecule has 10 nitrogen and oxygen atoms in total. The van der Waals surface area contributed by atoms with E-state index in [2.05, 4.69) is 0 Å². The van der Waals surface area contributed by atoms with Crippen molar-refractivity contribution in [3.8, 4) is 22.6 Å². The number of rotatable bonds is 6. The molecule has 3 aromatic rings. The van der Waals surface area contributed by atoms with Gasteiger partial charge in [0.1, 0.15) is 11.6 Å². The van der Waals surface area contributed by atoms with E-state index in [9.17, 15) is 14.4 Å². The number of carbonyl (C=O) groups is 2. The number of pyridine rings is 1. The van der Waals surface area contributed by atoms with E-state index < -0.39 is 23.7 Å². The van der Waals surface area contributed by atoms with Crippen molar-refractivity contribution < 1.29 is 28.5 Å². The second kappa shape index (κ2) is 11.3. The molecule has 2 aromatic heterocycles. The molecule has 1 unspecified atom stereocenters. The fraction of sp³-hybridized carbons (Fsp3) is 0.464. The molecule has 39 heavy (non-hydrogen) atoms. The van der Waals surface area contributed by atoms with E-state index in [0.717, 1.165) is 20.7 Å². The molecule has 0 radical (unpaired) electrons. The number of hydrogen-bond acceptors (Lipinski definition) is 9. The normalized spacial score (nSPS) is 16.3. The minimum absolute atomic E-state index is 0.101. The van der Waals surface area contributed by atoms with Gasteiger partial charge in [-0.05, 0) is 44.5 Å². The summed E-state index contributed by atoms with van der Waals surface area (Å²) >= 11 is 1.51. The van der Waals surface area contributed by atoms with Crippen LogP contribution in [0.25, 0.3) is 21.2 Å². The first-order valence-electron chi connectivity index (χ1n) is 12.6. The van der Waals surface area contributed by atoms with Gasteiger partial charge in [0.05, 0.1) is 33.3 Å². The topological polar surface area (TPSA) is 99.5 Å². The van der Waals surface area contributed by atoms with E-state index in [4.69, 9.17) is 18.9 Å². The van der Waals surface area contributed by atoms with Gasteiger partial charge >= 0.3 is 12.1 Å². The van der Waals surface area contributed by atoms with E-state index in [1.165, 1.54) is 18.4 Å². The van der Waals surface area contributed by atoms with Crippen LogP contribution in [0.2, 0.25) is 0 Å². The average Bonchev–Trinajstić information content (AvgIpc) is 3.33. The largest absolute Gasteiger partial charge is 0.493 e. The van der Waals surface area contributed by atoms with Gasteiger partial charge in [-0.25, -0.2) is 4.79 Å². The predicted molar refractivity (Wildman–Crippen MR) is 150 cm³/mol. The van der Waals surface area contributed by atoms with Crippen LogP contribution in [0, 0.1) is 0 Å². The number of piperazine rings is 1. The second-order valence-corrected chi connectivity index (χ2v) is 11.6. The predicted octanol–water partition coefficient (Wildman–Crippen LogP) is 3.88. The summed E-state index contributed by atoms with van der Waals surface area (Å²) in [5, 5.41) is 0.604. The van der Waals surface area contributed by atoms with Crippen LogP contribution in [-0.4, -0.2) is 79.0 Å². The van der Waals surface area contributed by atoms with Gasteiger partial charge in [0.25, 0.3) is 5.56 Å². The standard InChI is InChI=1S/C28H35N3O7S/c1-28(2,3)38-27(34)31-11-10-30(21(16-31)26(33)37-7)14-18-13-19-24(39-18)20(15-29(4)25(19)32)17-8-9-22(35-5)23(12-17)36-6/h8-9,12-13,15,21H,10-11,14,16H2,1-7H3. The van der Waals surface area contributed by atoms with E-state index in [1.807, 2.05) is 35.4 Å². The van der Waals surface area contributed by atoms with Crippen LogP contribution in [0.1, 0.15) is 25.6 Å². The summed E-state index contributed by atoms with van der Waals surface area (Å²) in [6.07, 6.45) is 1.37. The minimum Gasteiger partial charge on any atom is -0.493 e. The van der Waals surface area contributed by atoms with E-state index in [-0.39, 0.29) is 12.1 Å². The molecule has 0 N–H and O–H groups in total. The van der Waals surface area contributed by atoms with E-state index in [1.54, 1.807) is 51.5 Å². The lowest BCUT2D eigenvalue weighted by Gasteiger charge is -2.39. The first-order chi connectivity index (χ1) is 18.4. The molecule has 1 atom stereocenters. The maximum atomic E-state index is 13.1. The lowest BCUT2D eigenvalue weighted by Crippen LogP contribution is -2.58. The minimum atomic E-state index is -0.658. The molecule has 0 bridgehead atoms. The van der Waals surface area contributed by atoms with E-state index >= 15 is 0 Å². The molecule has 210 valence electrons.